The van der Waals surface area contributed by atoms with Crippen molar-refractivity contribution in [2.75, 3.05) is 19.1 Å². The van der Waals surface area contributed by atoms with Gasteiger partial charge in [0.25, 0.3) is 10.1 Å². The first-order chi connectivity index (χ1) is 21.2. The van der Waals surface area contributed by atoms with Crippen LogP contribution in [0.25, 0.3) is 0 Å². The number of sulfone groups is 1. The second-order valence-electron chi connectivity index (χ2n) is 14.3. The number of hydrogen-bond acceptors (Lipinski definition) is 12. The van der Waals surface area contributed by atoms with E-state index in [9.17, 15) is 31.4 Å². The van der Waals surface area contributed by atoms with Crippen molar-refractivity contribution in [3.63, 3.8) is 0 Å². The van der Waals surface area contributed by atoms with Gasteiger partial charge in [-0.3, -0.25) is 8.98 Å². The van der Waals surface area contributed by atoms with Gasteiger partial charge in [0.2, 0.25) is 0 Å². The fraction of sp³-hybridized carbons (Fsp3) is 0.733. The van der Waals surface area contributed by atoms with Crippen LogP contribution in [-0.4, -0.2) is 77.4 Å². The Morgan fingerprint density at radius 1 is 1.20 bits per heavy atom. The van der Waals surface area contributed by atoms with Crippen molar-refractivity contribution in [2.24, 2.45) is 39.7 Å². The molecule has 0 saturated heterocycles. The summed E-state index contributed by atoms with van der Waals surface area (Å²) in [5.41, 5.74) is 3.46. The fourth-order valence-electron chi connectivity index (χ4n) is 9.13. The molecule has 1 unspecified atom stereocenters. The van der Waals surface area contributed by atoms with E-state index in [1.54, 1.807) is 6.92 Å². The first-order valence-corrected chi connectivity index (χ1v) is 19.2. The number of ether oxygens (including phenoxy) is 2. The Labute approximate surface area is 270 Å². The molecule has 0 amide bonds. The minimum Gasteiger partial charge on any atom is -0.479 e. The molecule has 46 heavy (non-hydrogen) atoms. The molecule has 0 aromatic heterocycles. The van der Waals surface area contributed by atoms with E-state index in [-0.39, 0.29) is 42.4 Å². The van der Waals surface area contributed by atoms with Crippen LogP contribution < -0.4 is 15.9 Å². The van der Waals surface area contributed by atoms with Crippen LogP contribution in [0, 0.1) is 39.8 Å². The van der Waals surface area contributed by atoms with Gasteiger partial charge in [-0.05, 0) is 54.6 Å². The van der Waals surface area contributed by atoms with Crippen LogP contribution in [0.2, 0.25) is 0 Å². The van der Waals surface area contributed by atoms with E-state index < -0.39 is 91.1 Å². The normalized spacial score (nSPS) is 36.8. The van der Waals surface area contributed by atoms with Gasteiger partial charge in [-0.1, -0.05) is 33.8 Å². The predicted molar refractivity (Wildman–Crippen MR) is 165 cm³/mol. The molecule has 3 saturated carbocycles. The number of hydrogen-bond donors (Lipinski definition) is 2. The topological polar surface area (TPSA) is 186 Å². The SMILES string of the molecule is C[C@@H]1CC[C@@]23CCC(=O)[C@H]2[C@]1(C)[C@H](OC(=O)COc1ccc2c(c1F)B(O)OC2)C[C@](C)(C(N)S(C)(=O)=O)[C@@H](OS(C)(=O)=O)[C@@H]3C. The Kier molecular flexibility index (Phi) is 9.03. The van der Waals surface area contributed by atoms with Crippen molar-refractivity contribution in [3.05, 3.63) is 23.5 Å². The highest BCUT2D eigenvalue weighted by molar-refractivity contribution is 7.91. The molecule has 1 heterocycles. The molecule has 12 nitrogen and oxygen atoms in total. The van der Waals surface area contributed by atoms with Gasteiger partial charge in [-0.25, -0.2) is 17.6 Å². The van der Waals surface area contributed by atoms with Crippen molar-refractivity contribution in [1.29, 1.82) is 0 Å². The van der Waals surface area contributed by atoms with E-state index in [1.807, 2.05) is 13.8 Å². The van der Waals surface area contributed by atoms with Gasteiger partial charge < -0.3 is 24.9 Å². The molecule has 3 fully saturated rings. The monoisotopic (exact) mass is 687 g/mol. The number of rotatable bonds is 8. The van der Waals surface area contributed by atoms with Crippen LogP contribution in [0.5, 0.6) is 5.75 Å². The summed E-state index contributed by atoms with van der Waals surface area (Å²) < 4.78 is 89.1. The average molecular weight is 688 g/mol. The standard InChI is InChI=1S/C30H43BFNO11S2/c1-16-9-11-30-12-10-19(34)25(30)29(16,4)21(13-28(3,27(33)45(5,37)38)26(17(30)2)44-46(6,39)40)43-22(35)15-41-20-8-7-18-14-42-31(36)23(18)24(20)32/h7-8,16-17,21,25-27,36H,9-15,33H2,1-6H3/t16-,17+,21-,25+,26+,27?,28+,29+,30+/m1/s1. The Bertz CT molecular complexity index is 1640. The number of fused-ring (bicyclic) bond motifs is 1. The Hall–Kier alpha value is -2.11. The first kappa shape index (κ1) is 35.2. The molecule has 0 radical (unpaired) electrons. The third kappa shape index (κ3) is 5.70. The van der Waals surface area contributed by atoms with E-state index in [1.165, 1.54) is 19.1 Å². The molecular weight excluding hydrogens is 644 g/mol. The summed E-state index contributed by atoms with van der Waals surface area (Å²) in [6.45, 7) is 6.45. The van der Waals surface area contributed by atoms with E-state index >= 15 is 4.39 Å². The zero-order chi connectivity index (χ0) is 34.2. The predicted octanol–water partition coefficient (Wildman–Crippen LogP) is 1.46. The van der Waals surface area contributed by atoms with E-state index in [0.717, 1.165) is 12.5 Å². The van der Waals surface area contributed by atoms with Crippen LogP contribution in [0.3, 0.4) is 0 Å². The van der Waals surface area contributed by atoms with Crippen LogP contribution in [0.15, 0.2) is 12.1 Å². The quantitative estimate of drug-likeness (QED) is 0.228. The smallest absolute Gasteiger partial charge is 0.479 e. The lowest BCUT2D eigenvalue weighted by Crippen LogP contribution is -2.67. The fourth-order valence-corrected chi connectivity index (χ4v) is 11.1. The molecule has 9 atom stereocenters. The van der Waals surface area contributed by atoms with Crippen molar-refractivity contribution in [1.82, 2.24) is 0 Å². The van der Waals surface area contributed by atoms with Gasteiger partial charge in [-0.15, -0.1) is 0 Å². The molecule has 1 aromatic rings. The van der Waals surface area contributed by atoms with Crippen molar-refractivity contribution < 1.29 is 54.2 Å². The van der Waals surface area contributed by atoms with Gasteiger partial charge in [0.1, 0.15) is 17.3 Å². The lowest BCUT2D eigenvalue weighted by Gasteiger charge is -2.62. The van der Waals surface area contributed by atoms with Gasteiger partial charge in [0, 0.05) is 34.9 Å². The third-order valence-corrected chi connectivity index (χ3v) is 13.7. The minimum absolute atomic E-state index is 0.0204. The molecule has 1 aliphatic heterocycles. The number of ketones is 1. The highest BCUT2D eigenvalue weighted by Gasteiger charge is 2.70. The molecule has 5 rings (SSSR count). The summed E-state index contributed by atoms with van der Waals surface area (Å²) in [6, 6.07) is 2.83. The summed E-state index contributed by atoms with van der Waals surface area (Å²) in [4.78, 5) is 27.3. The lowest BCUT2D eigenvalue weighted by atomic mass is 9.44. The Morgan fingerprint density at radius 2 is 1.87 bits per heavy atom. The van der Waals surface area contributed by atoms with Gasteiger partial charge in [0.15, 0.2) is 28.0 Å². The molecule has 3 aliphatic carbocycles. The summed E-state index contributed by atoms with van der Waals surface area (Å²) in [7, 11) is -9.63. The van der Waals surface area contributed by atoms with Crippen molar-refractivity contribution >= 4 is 44.3 Å². The molecule has 256 valence electrons. The average Bonchev–Trinajstić information content (AvgIpc) is 3.51. The number of halogens is 1. The molecule has 2 bridgehead atoms. The zero-order valence-electron chi connectivity index (χ0n) is 26.9. The summed E-state index contributed by atoms with van der Waals surface area (Å²) in [5.74, 6) is -3.55. The van der Waals surface area contributed by atoms with Gasteiger partial charge in [0.05, 0.1) is 19.0 Å². The maximum Gasteiger partial charge on any atom is 0.494 e. The van der Waals surface area contributed by atoms with E-state index in [0.29, 0.717) is 24.8 Å². The van der Waals surface area contributed by atoms with Crippen LogP contribution in [0.1, 0.15) is 65.4 Å². The molecule has 0 spiro atoms. The largest absolute Gasteiger partial charge is 0.494 e. The molecular formula is C30H43BFNO11S2. The summed E-state index contributed by atoms with van der Waals surface area (Å²) in [6.07, 6.45) is 1.06. The highest BCUT2D eigenvalue weighted by atomic mass is 32.2. The summed E-state index contributed by atoms with van der Waals surface area (Å²) in [5, 5.41) is 8.37. The maximum atomic E-state index is 15.1. The molecule has 16 heteroatoms. The maximum absolute atomic E-state index is 15.1. The van der Waals surface area contributed by atoms with Gasteiger partial charge >= 0.3 is 13.1 Å². The minimum atomic E-state index is -4.15. The zero-order valence-corrected chi connectivity index (χ0v) is 28.6. The number of carbonyl (C=O) groups is 2. The van der Waals surface area contributed by atoms with Crippen LogP contribution in [-0.2, 0) is 49.7 Å². The van der Waals surface area contributed by atoms with Crippen molar-refractivity contribution in [3.8, 4) is 5.75 Å². The number of esters is 1. The second-order valence-corrected chi connectivity index (χ2v) is 18.1. The van der Waals surface area contributed by atoms with E-state index in [2.05, 4.69) is 0 Å². The van der Waals surface area contributed by atoms with Crippen molar-refractivity contribution in [2.45, 2.75) is 84.0 Å². The first-order valence-electron chi connectivity index (χ1n) is 15.5. The Morgan fingerprint density at radius 3 is 2.50 bits per heavy atom. The number of benzene rings is 1. The summed E-state index contributed by atoms with van der Waals surface area (Å²) >= 11 is 0. The number of nitrogens with two attached hydrogens (primary N) is 1. The molecule has 1 aromatic carbocycles. The molecule has 4 aliphatic rings. The number of Topliss-reactive ketones (excluding diaryl/α,β-unsaturated/α-hetero) is 1. The van der Waals surface area contributed by atoms with E-state index in [4.69, 9.17) is 24.0 Å². The van der Waals surface area contributed by atoms with Crippen LogP contribution >= 0.6 is 0 Å². The Balaban J connectivity index is 1.58. The molecule has 3 N–H and O–H groups in total. The number of carbonyl (C=O) groups excluding carboxylic acids is 2. The lowest BCUT2D eigenvalue weighted by molar-refractivity contribution is -0.209. The van der Waals surface area contributed by atoms with Gasteiger partial charge in [-0.2, -0.15) is 8.42 Å². The second kappa shape index (κ2) is 11.8. The highest BCUT2D eigenvalue weighted by Crippen LogP contribution is 2.68. The van der Waals surface area contributed by atoms with Crippen LogP contribution in [0.4, 0.5) is 4.39 Å². The third-order valence-electron chi connectivity index (χ3n) is 11.7.